The van der Waals surface area contributed by atoms with Crippen LogP contribution < -0.4 is 16.4 Å². The van der Waals surface area contributed by atoms with Crippen molar-refractivity contribution in [1.82, 2.24) is 15.5 Å². The number of rotatable bonds is 6. The standard InChI is InChI=1S/C15H30N4O2/c1-11-5-12(2)9-19(8-11)15(3,4)10-18-14(21)7-17-13(20)6-16/h11-12H,5-10,16H2,1-4H3,(H,17,20)(H,18,21). The number of nitrogens with one attached hydrogen (secondary N) is 2. The Balaban J connectivity index is 2.41. The Labute approximate surface area is 127 Å². The fraction of sp³-hybridized carbons (Fsp3) is 0.867. The average Bonchev–Trinajstić information content (AvgIpc) is 2.41. The van der Waals surface area contributed by atoms with Crippen molar-refractivity contribution in [3.05, 3.63) is 0 Å². The maximum Gasteiger partial charge on any atom is 0.239 e. The Morgan fingerprint density at radius 2 is 1.71 bits per heavy atom. The van der Waals surface area contributed by atoms with Crippen LogP contribution >= 0.6 is 0 Å². The van der Waals surface area contributed by atoms with Crippen LogP contribution in [-0.4, -0.2) is 55.0 Å². The number of hydrogen-bond acceptors (Lipinski definition) is 4. The van der Waals surface area contributed by atoms with Crippen molar-refractivity contribution in [3.63, 3.8) is 0 Å². The molecule has 1 rings (SSSR count). The van der Waals surface area contributed by atoms with Gasteiger partial charge in [0.25, 0.3) is 0 Å². The van der Waals surface area contributed by atoms with Crippen LogP contribution in [0.3, 0.4) is 0 Å². The van der Waals surface area contributed by atoms with Gasteiger partial charge < -0.3 is 16.4 Å². The summed E-state index contributed by atoms with van der Waals surface area (Å²) in [7, 11) is 0. The molecule has 2 unspecified atom stereocenters. The van der Waals surface area contributed by atoms with Gasteiger partial charge in [0.15, 0.2) is 0 Å². The first-order chi connectivity index (χ1) is 9.74. The molecule has 0 bridgehead atoms. The van der Waals surface area contributed by atoms with E-state index >= 15 is 0 Å². The van der Waals surface area contributed by atoms with Crippen molar-refractivity contribution >= 4 is 11.8 Å². The van der Waals surface area contributed by atoms with E-state index in [-0.39, 0.29) is 30.4 Å². The van der Waals surface area contributed by atoms with E-state index in [4.69, 9.17) is 5.73 Å². The third-order valence-corrected chi connectivity index (χ3v) is 4.07. The van der Waals surface area contributed by atoms with Crippen LogP contribution in [0.2, 0.25) is 0 Å². The van der Waals surface area contributed by atoms with E-state index < -0.39 is 0 Å². The Hall–Kier alpha value is -1.14. The molecule has 0 aromatic carbocycles. The smallest absolute Gasteiger partial charge is 0.239 e. The molecule has 1 saturated heterocycles. The number of nitrogens with zero attached hydrogens (tertiary/aromatic N) is 1. The quantitative estimate of drug-likeness (QED) is 0.641. The number of likely N-dealkylation sites (tertiary alicyclic amines) is 1. The van der Waals surface area contributed by atoms with Gasteiger partial charge in [0.2, 0.25) is 11.8 Å². The molecular weight excluding hydrogens is 268 g/mol. The summed E-state index contributed by atoms with van der Waals surface area (Å²) in [5.74, 6) is 0.881. The largest absolute Gasteiger partial charge is 0.353 e. The molecule has 0 saturated carbocycles. The summed E-state index contributed by atoms with van der Waals surface area (Å²) in [5.41, 5.74) is 5.09. The molecule has 122 valence electrons. The molecule has 1 fully saturated rings. The summed E-state index contributed by atoms with van der Waals surface area (Å²) >= 11 is 0. The van der Waals surface area contributed by atoms with Gasteiger partial charge >= 0.3 is 0 Å². The number of carbonyl (C=O) groups is 2. The van der Waals surface area contributed by atoms with E-state index in [2.05, 4.69) is 43.2 Å². The van der Waals surface area contributed by atoms with Gasteiger partial charge in [-0.25, -0.2) is 0 Å². The molecule has 4 N–H and O–H groups in total. The highest BCUT2D eigenvalue weighted by Gasteiger charge is 2.32. The Morgan fingerprint density at radius 1 is 1.14 bits per heavy atom. The molecule has 0 aromatic rings. The zero-order valence-corrected chi connectivity index (χ0v) is 13.7. The second-order valence-electron chi connectivity index (χ2n) is 6.92. The van der Waals surface area contributed by atoms with Gasteiger partial charge in [-0.15, -0.1) is 0 Å². The molecule has 2 amide bonds. The molecule has 6 nitrogen and oxygen atoms in total. The number of nitrogens with two attached hydrogens (primary N) is 1. The normalized spacial score (nSPS) is 23.7. The first-order valence-electron chi connectivity index (χ1n) is 7.73. The number of carbonyl (C=O) groups excluding carboxylic acids is 2. The minimum Gasteiger partial charge on any atom is -0.353 e. The fourth-order valence-electron chi connectivity index (χ4n) is 2.90. The van der Waals surface area contributed by atoms with Gasteiger partial charge in [-0.05, 0) is 32.1 Å². The minimum absolute atomic E-state index is 0.0150. The van der Waals surface area contributed by atoms with Crippen LogP contribution in [0, 0.1) is 11.8 Å². The highest BCUT2D eigenvalue weighted by Crippen LogP contribution is 2.26. The maximum atomic E-state index is 11.7. The summed E-state index contributed by atoms with van der Waals surface area (Å²) in [6.07, 6.45) is 1.27. The minimum atomic E-state index is -0.317. The van der Waals surface area contributed by atoms with Crippen LogP contribution in [0.5, 0.6) is 0 Å². The first kappa shape index (κ1) is 17.9. The molecule has 0 radical (unpaired) electrons. The predicted molar refractivity (Wildman–Crippen MR) is 83.7 cm³/mol. The number of piperidine rings is 1. The van der Waals surface area contributed by atoms with E-state index in [0.717, 1.165) is 13.1 Å². The monoisotopic (exact) mass is 298 g/mol. The van der Waals surface area contributed by atoms with Gasteiger partial charge in [0.1, 0.15) is 0 Å². The lowest BCUT2D eigenvalue weighted by atomic mass is 9.88. The predicted octanol–water partition coefficient (Wildman–Crippen LogP) is -0.0660. The Morgan fingerprint density at radius 3 is 2.24 bits per heavy atom. The summed E-state index contributed by atoms with van der Waals surface area (Å²) in [5, 5.41) is 5.37. The lowest BCUT2D eigenvalue weighted by Crippen LogP contribution is -2.56. The molecular formula is C15H30N4O2. The molecule has 2 atom stereocenters. The molecule has 21 heavy (non-hydrogen) atoms. The molecule has 1 heterocycles. The fourth-order valence-corrected chi connectivity index (χ4v) is 2.90. The highest BCUT2D eigenvalue weighted by atomic mass is 16.2. The lowest BCUT2D eigenvalue weighted by Gasteiger charge is -2.45. The second-order valence-corrected chi connectivity index (χ2v) is 6.92. The maximum absolute atomic E-state index is 11.7. The molecule has 6 heteroatoms. The van der Waals surface area contributed by atoms with Gasteiger partial charge in [0, 0.05) is 25.2 Å². The average molecular weight is 298 g/mol. The van der Waals surface area contributed by atoms with Crippen molar-refractivity contribution in [1.29, 1.82) is 0 Å². The van der Waals surface area contributed by atoms with Crippen LogP contribution in [0.15, 0.2) is 0 Å². The van der Waals surface area contributed by atoms with Crippen LogP contribution in [0.25, 0.3) is 0 Å². The van der Waals surface area contributed by atoms with Gasteiger partial charge in [-0.3, -0.25) is 14.5 Å². The molecule has 0 aromatic heterocycles. The first-order valence-corrected chi connectivity index (χ1v) is 7.73. The number of hydrogen-bond donors (Lipinski definition) is 3. The topological polar surface area (TPSA) is 87.5 Å². The van der Waals surface area contributed by atoms with E-state index in [1.54, 1.807) is 0 Å². The van der Waals surface area contributed by atoms with E-state index in [0.29, 0.717) is 18.4 Å². The van der Waals surface area contributed by atoms with Crippen molar-refractivity contribution in [2.24, 2.45) is 17.6 Å². The van der Waals surface area contributed by atoms with Crippen LogP contribution in [0.1, 0.15) is 34.1 Å². The van der Waals surface area contributed by atoms with Crippen molar-refractivity contribution in [2.45, 2.75) is 39.7 Å². The molecule has 1 aliphatic rings. The third kappa shape index (κ3) is 6.01. The molecule has 0 spiro atoms. The zero-order valence-electron chi connectivity index (χ0n) is 13.7. The summed E-state index contributed by atoms with van der Waals surface area (Å²) in [6.45, 7) is 11.5. The van der Waals surface area contributed by atoms with Gasteiger partial charge in [-0.2, -0.15) is 0 Å². The molecule has 1 aliphatic heterocycles. The van der Waals surface area contributed by atoms with Gasteiger partial charge in [-0.1, -0.05) is 13.8 Å². The second kappa shape index (κ2) is 7.75. The van der Waals surface area contributed by atoms with Crippen molar-refractivity contribution in [3.8, 4) is 0 Å². The molecule has 0 aliphatic carbocycles. The van der Waals surface area contributed by atoms with Crippen molar-refractivity contribution in [2.75, 3.05) is 32.7 Å². The summed E-state index contributed by atoms with van der Waals surface area (Å²) in [4.78, 5) is 25.2. The summed E-state index contributed by atoms with van der Waals surface area (Å²) < 4.78 is 0. The van der Waals surface area contributed by atoms with Crippen molar-refractivity contribution < 1.29 is 9.59 Å². The third-order valence-electron chi connectivity index (χ3n) is 4.07. The Kier molecular flexibility index (Phi) is 6.61. The van der Waals surface area contributed by atoms with Crippen LogP contribution in [-0.2, 0) is 9.59 Å². The SMILES string of the molecule is CC1CC(C)CN(C(C)(C)CNC(=O)CNC(=O)CN)C1. The number of amides is 2. The van der Waals surface area contributed by atoms with E-state index in [9.17, 15) is 9.59 Å². The lowest BCUT2D eigenvalue weighted by molar-refractivity contribution is -0.125. The van der Waals surface area contributed by atoms with Crippen LogP contribution in [0.4, 0.5) is 0 Å². The highest BCUT2D eigenvalue weighted by molar-refractivity contribution is 5.85. The van der Waals surface area contributed by atoms with Gasteiger partial charge in [0.05, 0.1) is 13.1 Å². The zero-order chi connectivity index (χ0) is 16.0. The van der Waals surface area contributed by atoms with E-state index in [1.807, 2.05) is 0 Å². The Bertz CT molecular complexity index is 361. The van der Waals surface area contributed by atoms with E-state index in [1.165, 1.54) is 6.42 Å². The summed E-state index contributed by atoms with van der Waals surface area (Å²) in [6, 6.07) is 0.